The van der Waals surface area contributed by atoms with E-state index in [0.717, 1.165) is 23.4 Å². The van der Waals surface area contributed by atoms with Gasteiger partial charge in [0.2, 0.25) is 0 Å². The smallest absolute Gasteiger partial charge is 0.0580 e. The molecule has 3 rings (SSSR count). The van der Waals surface area contributed by atoms with Crippen molar-refractivity contribution in [2.45, 2.75) is 24.0 Å². The van der Waals surface area contributed by atoms with Gasteiger partial charge in [-0.25, -0.2) is 0 Å². The SMILES string of the molecule is Cc1ccc2c(c1)/C(=C/CCN(C)C)c1ccccc1CS2=O. The van der Waals surface area contributed by atoms with Crippen LogP contribution in [0.25, 0.3) is 5.57 Å². The van der Waals surface area contributed by atoms with Crippen molar-refractivity contribution in [1.29, 1.82) is 0 Å². The van der Waals surface area contributed by atoms with Crippen LogP contribution in [0.2, 0.25) is 0 Å². The summed E-state index contributed by atoms with van der Waals surface area (Å²) in [5, 5.41) is 0. The molecule has 0 N–H and O–H groups in total. The zero-order valence-corrected chi connectivity index (χ0v) is 14.8. The Morgan fingerprint density at radius 2 is 1.91 bits per heavy atom. The number of rotatable bonds is 3. The first kappa shape index (κ1) is 16.2. The molecular weight excluding hydrogens is 302 g/mol. The minimum atomic E-state index is -0.988. The van der Waals surface area contributed by atoms with Crippen molar-refractivity contribution in [1.82, 2.24) is 4.90 Å². The van der Waals surface area contributed by atoms with Gasteiger partial charge >= 0.3 is 0 Å². The molecule has 0 fully saturated rings. The van der Waals surface area contributed by atoms with Crippen LogP contribution in [0.1, 0.15) is 28.7 Å². The highest BCUT2D eigenvalue weighted by atomic mass is 32.2. The number of nitrogens with zero attached hydrogens (tertiary/aromatic N) is 1. The van der Waals surface area contributed by atoms with Gasteiger partial charge in [-0.2, -0.15) is 0 Å². The lowest BCUT2D eigenvalue weighted by atomic mass is 9.93. The number of aryl methyl sites for hydroxylation is 1. The van der Waals surface area contributed by atoms with Crippen LogP contribution >= 0.6 is 0 Å². The predicted molar refractivity (Wildman–Crippen MR) is 98.0 cm³/mol. The summed E-state index contributed by atoms with van der Waals surface area (Å²) >= 11 is 0. The number of hydrogen-bond acceptors (Lipinski definition) is 2. The molecule has 0 spiro atoms. The van der Waals surface area contributed by atoms with E-state index in [1.54, 1.807) is 0 Å². The van der Waals surface area contributed by atoms with Gasteiger partial charge in [-0.15, -0.1) is 0 Å². The summed E-state index contributed by atoms with van der Waals surface area (Å²) in [5.74, 6) is 0.594. The van der Waals surface area contributed by atoms with Gasteiger partial charge in [0.05, 0.1) is 16.6 Å². The Hall–Kier alpha value is -1.71. The summed E-state index contributed by atoms with van der Waals surface area (Å²) in [7, 11) is 3.19. The third kappa shape index (κ3) is 3.46. The Morgan fingerprint density at radius 1 is 1.13 bits per heavy atom. The molecule has 0 amide bonds. The third-order valence-corrected chi connectivity index (χ3v) is 5.61. The van der Waals surface area contributed by atoms with E-state index >= 15 is 0 Å². The van der Waals surface area contributed by atoms with Gasteiger partial charge in [0.1, 0.15) is 0 Å². The van der Waals surface area contributed by atoms with E-state index in [1.165, 1.54) is 22.3 Å². The van der Waals surface area contributed by atoms with Gasteiger partial charge in [-0.3, -0.25) is 4.21 Å². The largest absolute Gasteiger partial charge is 0.309 e. The second-order valence-electron chi connectivity index (χ2n) is 6.36. The minimum absolute atomic E-state index is 0.594. The molecule has 0 saturated carbocycles. The van der Waals surface area contributed by atoms with Crippen molar-refractivity contribution in [3.05, 3.63) is 70.8 Å². The van der Waals surface area contributed by atoms with E-state index in [9.17, 15) is 4.21 Å². The van der Waals surface area contributed by atoms with Crippen LogP contribution < -0.4 is 0 Å². The Morgan fingerprint density at radius 3 is 2.70 bits per heavy atom. The summed E-state index contributed by atoms with van der Waals surface area (Å²) in [6.07, 6.45) is 3.29. The van der Waals surface area contributed by atoms with E-state index < -0.39 is 10.8 Å². The predicted octanol–water partition coefficient (Wildman–Crippen LogP) is 4.00. The highest BCUT2D eigenvalue weighted by Crippen LogP contribution is 2.36. The molecule has 2 nitrogen and oxygen atoms in total. The van der Waals surface area contributed by atoms with Gasteiger partial charge < -0.3 is 4.90 Å². The normalized spacial score (nSPS) is 18.6. The van der Waals surface area contributed by atoms with E-state index in [1.807, 2.05) is 12.1 Å². The minimum Gasteiger partial charge on any atom is -0.309 e. The molecule has 0 radical (unpaired) electrons. The number of fused-ring (bicyclic) bond motifs is 2. The fraction of sp³-hybridized carbons (Fsp3) is 0.300. The summed E-state index contributed by atoms with van der Waals surface area (Å²) < 4.78 is 12.8. The highest BCUT2D eigenvalue weighted by Gasteiger charge is 2.22. The van der Waals surface area contributed by atoms with E-state index in [-0.39, 0.29) is 0 Å². The molecule has 2 aromatic rings. The van der Waals surface area contributed by atoms with Crippen LogP contribution in [0.4, 0.5) is 0 Å². The quantitative estimate of drug-likeness (QED) is 0.850. The van der Waals surface area contributed by atoms with E-state index in [4.69, 9.17) is 0 Å². The maximum atomic E-state index is 12.8. The van der Waals surface area contributed by atoms with Gasteiger partial charge in [-0.05, 0) is 55.8 Å². The van der Waals surface area contributed by atoms with Crippen LogP contribution in [0, 0.1) is 6.92 Å². The van der Waals surface area contributed by atoms with Crippen LogP contribution in [0.15, 0.2) is 53.4 Å². The lowest BCUT2D eigenvalue weighted by Crippen LogP contribution is -2.12. The second-order valence-corrected chi connectivity index (χ2v) is 7.78. The number of benzene rings is 2. The van der Waals surface area contributed by atoms with Crippen LogP contribution in [-0.2, 0) is 16.6 Å². The standard InChI is InChI=1S/C20H23NOS/c1-15-10-11-20-19(13-15)18(9-6-12-21(2)3)17-8-5-4-7-16(17)14-23(20)22/h4-5,7-11,13H,6,12,14H2,1-3H3/b18-9+. The van der Waals surface area contributed by atoms with Crippen molar-refractivity contribution in [3.63, 3.8) is 0 Å². The summed E-state index contributed by atoms with van der Waals surface area (Å²) in [5.41, 5.74) is 5.97. The Balaban J connectivity index is 2.17. The average Bonchev–Trinajstić information content (AvgIpc) is 2.62. The molecule has 120 valence electrons. The molecule has 1 aliphatic rings. The first-order valence-electron chi connectivity index (χ1n) is 7.99. The lowest BCUT2D eigenvalue weighted by molar-refractivity contribution is 0.417. The maximum Gasteiger partial charge on any atom is 0.0580 e. The lowest BCUT2D eigenvalue weighted by Gasteiger charge is -2.13. The van der Waals surface area contributed by atoms with E-state index in [0.29, 0.717) is 5.75 Å². The van der Waals surface area contributed by atoms with Gasteiger partial charge in [0.25, 0.3) is 0 Å². The second kappa shape index (κ2) is 6.81. The first-order valence-corrected chi connectivity index (χ1v) is 9.30. The molecule has 0 aromatic heterocycles. The fourth-order valence-electron chi connectivity index (χ4n) is 3.01. The van der Waals surface area contributed by atoms with Crippen molar-refractivity contribution in [3.8, 4) is 0 Å². The first-order chi connectivity index (χ1) is 11.1. The Kier molecular flexibility index (Phi) is 4.79. The van der Waals surface area contributed by atoms with Crippen LogP contribution in [0.3, 0.4) is 0 Å². The maximum absolute atomic E-state index is 12.8. The Labute approximate surface area is 141 Å². The van der Waals surface area contributed by atoms with Crippen molar-refractivity contribution in [2.24, 2.45) is 0 Å². The molecule has 0 saturated heterocycles. The summed E-state index contributed by atoms with van der Waals surface area (Å²) in [6.45, 7) is 3.10. The summed E-state index contributed by atoms with van der Waals surface area (Å²) in [6, 6.07) is 14.6. The molecule has 1 heterocycles. The monoisotopic (exact) mass is 325 g/mol. The number of hydrogen-bond donors (Lipinski definition) is 0. The molecule has 2 aromatic carbocycles. The molecular formula is C20H23NOS. The Bertz CT molecular complexity index is 777. The molecule has 0 bridgehead atoms. The van der Waals surface area contributed by atoms with Crippen LogP contribution in [-0.4, -0.2) is 29.7 Å². The average molecular weight is 325 g/mol. The zero-order valence-electron chi connectivity index (χ0n) is 14.0. The third-order valence-electron chi connectivity index (χ3n) is 4.19. The van der Waals surface area contributed by atoms with Crippen molar-refractivity contribution in [2.75, 3.05) is 20.6 Å². The molecule has 1 unspecified atom stereocenters. The summed E-state index contributed by atoms with van der Waals surface area (Å²) in [4.78, 5) is 3.15. The molecule has 1 aliphatic heterocycles. The molecule has 1 atom stereocenters. The fourth-order valence-corrected chi connectivity index (χ4v) is 4.34. The highest BCUT2D eigenvalue weighted by molar-refractivity contribution is 7.84. The van der Waals surface area contributed by atoms with Gasteiger partial charge in [-0.1, -0.05) is 48.0 Å². The van der Waals surface area contributed by atoms with Crippen molar-refractivity contribution < 1.29 is 4.21 Å². The van der Waals surface area contributed by atoms with Gasteiger partial charge in [0.15, 0.2) is 0 Å². The molecule has 3 heteroatoms. The van der Waals surface area contributed by atoms with Gasteiger partial charge in [0, 0.05) is 11.4 Å². The van der Waals surface area contributed by atoms with E-state index in [2.05, 4.69) is 62.3 Å². The topological polar surface area (TPSA) is 20.3 Å². The molecule has 0 aliphatic carbocycles. The van der Waals surface area contributed by atoms with Crippen molar-refractivity contribution >= 4 is 16.4 Å². The zero-order chi connectivity index (χ0) is 16.4. The van der Waals surface area contributed by atoms with Crippen LogP contribution in [0.5, 0.6) is 0 Å². The molecule has 23 heavy (non-hydrogen) atoms.